The van der Waals surface area contributed by atoms with Crippen LogP contribution in [0.25, 0.3) is 0 Å². The fraction of sp³-hybridized carbons (Fsp3) is 0.625. The Morgan fingerprint density at radius 3 is 2.52 bits per heavy atom. The molecule has 1 amide bonds. The minimum absolute atomic E-state index is 0. The molecule has 0 saturated heterocycles. The van der Waals surface area contributed by atoms with E-state index in [9.17, 15) is 4.79 Å². The van der Waals surface area contributed by atoms with Gasteiger partial charge in [-0.25, -0.2) is 0 Å². The molecule has 1 heterocycles. The highest BCUT2D eigenvalue weighted by molar-refractivity contribution is 14.0. The minimum Gasteiger partial charge on any atom is -0.356 e. The van der Waals surface area contributed by atoms with Crippen LogP contribution in [-0.4, -0.2) is 48.5 Å². The summed E-state index contributed by atoms with van der Waals surface area (Å²) in [5.74, 6) is 0.821. The summed E-state index contributed by atoms with van der Waals surface area (Å²) in [5.41, 5.74) is 0.714. The van der Waals surface area contributed by atoms with E-state index in [4.69, 9.17) is 0 Å². The predicted octanol–water partition coefficient (Wildman–Crippen LogP) is 1.81. The molecule has 0 saturated carbocycles. The predicted molar refractivity (Wildman–Crippen MR) is 106 cm³/mol. The molecular weight excluding hydrogens is 405 g/mol. The lowest BCUT2D eigenvalue weighted by atomic mass is 9.92. The molecule has 0 aliphatic heterocycles. The number of aliphatic imine (C=N–C) groups is 1. The maximum Gasteiger partial charge on any atom is 0.227 e. The second kappa shape index (κ2) is 9.79. The Kier molecular flexibility index (Phi) is 9.26. The van der Waals surface area contributed by atoms with Gasteiger partial charge in [0.25, 0.3) is 0 Å². The SMILES string of the molecule is CCNC(=O)C(C)(C)CNC(=NC)N(C)Cc1cccn1C.I. The second-order valence-electron chi connectivity index (χ2n) is 6.11. The fourth-order valence-electron chi connectivity index (χ4n) is 2.14. The van der Waals surface area contributed by atoms with Crippen LogP contribution in [0.15, 0.2) is 23.3 Å². The quantitative estimate of drug-likeness (QED) is 0.407. The summed E-state index contributed by atoms with van der Waals surface area (Å²) in [6.07, 6.45) is 2.03. The molecule has 0 aliphatic carbocycles. The van der Waals surface area contributed by atoms with Gasteiger partial charge in [0, 0.05) is 46.1 Å². The highest BCUT2D eigenvalue weighted by Crippen LogP contribution is 2.13. The standard InChI is InChI=1S/C16H29N5O.HI/c1-7-18-14(22)16(2,3)12-19-15(17-4)21(6)11-13-9-8-10-20(13)5;/h8-10H,7,11-12H2,1-6H3,(H,17,19)(H,18,22);1H. The Morgan fingerprint density at radius 1 is 1.39 bits per heavy atom. The third-order valence-corrected chi connectivity index (χ3v) is 3.66. The van der Waals surface area contributed by atoms with Gasteiger partial charge in [0.2, 0.25) is 5.91 Å². The molecule has 0 atom stereocenters. The Morgan fingerprint density at radius 2 is 2.04 bits per heavy atom. The summed E-state index contributed by atoms with van der Waals surface area (Å²) in [6.45, 7) is 7.71. The average Bonchev–Trinajstić information content (AvgIpc) is 2.85. The number of carbonyl (C=O) groups is 1. The Hall–Kier alpha value is -1.25. The maximum atomic E-state index is 12.0. The van der Waals surface area contributed by atoms with Crippen LogP contribution in [0.1, 0.15) is 26.5 Å². The molecule has 0 fully saturated rings. The molecule has 1 aromatic rings. The Labute approximate surface area is 156 Å². The van der Waals surface area contributed by atoms with Crippen molar-refractivity contribution in [1.82, 2.24) is 20.1 Å². The van der Waals surface area contributed by atoms with Crippen molar-refractivity contribution in [3.63, 3.8) is 0 Å². The van der Waals surface area contributed by atoms with Crippen molar-refractivity contribution in [2.24, 2.45) is 17.5 Å². The summed E-state index contributed by atoms with van der Waals surface area (Å²) in [4.78, 5) is 18.4. The zero-order valence-electron chi connectivity index (χ0n) is 15.0. The number of rotatable bonds is 6. The van der Waals surface area contributed by atoms with Crippen molar-refractivity contribution in [2.75, 3.05) is 27.2 Å². The van der Waals surface area contributed by atoms with Crippen LogP contribution in [0, 0.1) is 5.41 Å². The topological polar surface area (TPSA) is 61.7 Å². The number of hydrogen-bond acceptors (Lipinski definition) is 2. The van der Waals surface area contributed by atoms with Gasteiger partial charge in [0.05, 0.1) is 12.0 Å². The van der Waals surface area contributed by atoms with E-state index in [1.165, 1.54) is 5.69 Å². The van der Waals surface area contributed by atoms with Crippen molar-refractivity contribution in [2.45, 2.75) is 27.3 Å². The van der Waals surface area contributed by atoms with Crippen LogP contribution in [0.4, 0.5) is 0 Å². The third kappa shape index (κ3) is 6.40. The van der Waals surface area contributed by atoms with Crippen molar-refractivity contribution < 1.29 is 4.79 Å². The van der Waals surface area contributed by atoms with E-state index in [2.05, 4.69) is 26.3 Å². The van der Waals surface area contributed by atoms with E-state index < -0.39 is 5.41 Å². The fourth-order valence-corrected chi connectivity index (χ4v) is 2.14. The van der Waals surface area contributed by atoms with Crippen molar-refractivity contribution in [3.8, 4) is 0 Å². The van der Waals surface area contributed by atoms with E-state index in [1.807, 2.05) is 52.0 Å². The number of aromatic nitrogens is 1. The molecule has 23 heavy (non-hydrogen) atoms. The molecule has 0 aliphatic rings. The van der Waals surface area contributed by atoms with Gasteiger partial charge >= 0.3 is 0 Å². The first-order valence-corrected chi connectivity index (χ1v) is 7.62. The van der Waals surface area contributed by atoms with Crippen LogP contribution < -0.4 is 10.6 Å². The lowest BCUT2D eigenvalue weighted by Gasteiger charge is -2.28. The van der Waals surface area contributed by atoms with Crippen molar-refractivity contribution in [1.29, 1.82) is 0 Å². The second-order valence-corrected chi connectivity index (χ2v) is 6.11. The molecule has 1 aromatic heterocycles. The van der Waals surface area contributed by atoms with Gasteiger partial charge in [-0.1, -0.05) is 0 Å². The molecule has 132 valence electrons. The average molecular weight is 435 g/mol. The van der Waals surface area contributed by atoms with Gasteiger partial charge < -0.3 is 20.1 Å². The number of halogens is 1. The van der Waals surface area contributed by atoms with E-state index in [0.717, 1.165) is 12.5 Å². The number of aryl methyl sites for hydroxylation is 1. The molecule has 7 heteroatoms. The third-order valence-electron chi connectivity index (χ3n) is 3.66. The van der Waals surface area contributed by atoms with Crippen molar-refractivity contribution in [3.05, 3.63) is 24.0 Å². The smallest absolute Gasteiger partial charge is 0.227 e. The summed E-state index contributed by atoms with van der Waals surface area (Å²) >= 11 is 0. The first kappa shape index (κ1) is 21.8. The van der Waals surface area contributed by atoms with Crippen LogP contribution >= 0.6 is 24.0 Å². The van der Waals surface area contributed by atoms with E-state index in [-0.39, 0.29) is 29.9 Å². The van der Waals surface area contributed by atoms with Gasteiger partial charge in [-0.15, -0.1) is 24.0 Å². The van der Waals surface area contributed by atoms with Crippen LogP contribution in [0.5, 0.6) is 0 Å². The number of nitrogens with one attached hydrogen (secondary N) is 2. The van der Waals surface area contributed by atoms with Crippen LogP contribution in [0.3, 0.4) is 0 Å². The minimum atomic E-state index is -0.488. The molecule has 0 bridgehead atoms. The van der Waals surface area contributed by atoms with Crippen LogP contribution in [0.2, 0.25) is 0 Å². The molecule has 1 rings (SSSR count). The van der Waals surface area contributed by atoms with E-state index in [1.54, 1.807) is 7.05 Å². The van der Waals surface area contributed by atoms with Crippen molar-refractivity contribution >= 4 is 35.8 Å². The molecule has 2 N–H and O–H groups in total. The summed E-state index contributed by atoms with van der Waals surface area (Å²) in [5, 5.41) is 6.15. The summed E-state index contributed by atoms with van der Waals surface area (Å²) in [6, 6.07) is 4.11. The summed E-state index contributed by atoms with van der Waals surface area (Å²) < 4.78 is 2.09. The van der Waals surface area contributed by atoms with E-state index >= 15 is 0 Å². The maximum absolute atomic E-state index is 12.0. The first-order chi connectivity index (χ1) is 10.3. The molecule has 0 radical (unpaired) electrons. The Balaban J connectivity index is 0.00000484. The zero-order valence-corrected chi connectivity index (χ0v) is 17.3. The lowest BCUT2D eigenvalue weighted by Crippen LogP contribution is -2.48. The molecule has 6 nitrogen and oxygen atoms in total. The lowest BCUT2D eigenvalue weighted by molar-refractivity contribution is -0.128. The molecule has 0 spiro atoms. The normalized spacial score (nSPS) is 11.7. The number of nitrogens with zero attached hydrogens (tertiary/aromatic N) is 3. The highest BCUT2D eigenvalue weighted by Gasteiger charge is 2.27. The number of guanidine groups is 1. The largest absolute Gasteiger partial charge is 0.356 e. The highest BCUT2D eigenvalue weighted by atomic mass is 127. The molecular formula is C16H30IN5O. The molecule has 0 aromatic carbocycles. The summed E-state index contributed by atoms with van der Waals surface area (Å²) in [7, 11) is 5.77. The molecule has 0 unspecified atom stereocenters. The Bertz CT molecular complexity index is 524. The van der Waals surface area contributed by atoms with E-state index in [0.29, 0.717) is 13.1 Å². The van der Waals surface area contributed by atoms with Gasteiger partial charge in [-0.3, -0.25) is 9.79 Å². The van der Waals surface area contributed by atoms with Gasteiger partial charge in [0.1, 0.15) is 0 Å². The number of carbonyl (C=O) groups excluding carboxylic acids is 1. The number of amides is 1. The monoisotopic (exact) mass is 435 g/mol. The van der Waals surface area contributed by atoms with Gasteiger partial charge in [-0.05, 0) is 32.9 Å². The van der Waals surface area contributed by atoms with Gasteiger partial charge in [0.15, 0.2) is 5.96 Å². The number of hydrogen-bond donors (Lipinski definition) is 2. The first-order valence-electron chi connectivity index (χ1n) is 7.62. The van der Waals surface area contributed by atoms with Crippen LogP contribution in [-0.2, 0) is 18.4 Å². The van der Waals surface area contributed by atoms with Gasteiger partial charge in [-0.2, -0.15) is 0 Å². The zero-order chi connectivity index (χ0) is 16.8.